The van der Waals surface area contributed by atoms with Gasteiger partial charge in [0.25, 0.3) is 0 Å². The van der Waals surface area contributed by atoms with Gasteiger partial charge in [-0.05, 0) is 24.5 Å². The maximum absolute atomic E-state index is 11.7. The number of aliphatic imine (C=N–C) groups is 1. The Morgan fingerprint density at radius 3 is 2.15 bits per heavy atom. The molecule has 1 unspecified atom stereocenters. The van der Waals surface area contributed by atoms with E-state index >= 15 is 0 Å². The van der Waals surface area contributed by atoms with Crippen molar-refractivity contribution >= 4 is 15.8 Å². The lowest BCUT2D eigenvalue weighted by Gasteiger charge is -2.19. The molecule has 1 aliphatic heterocycles. The minimum Gasteiger partial charge on any atom is -0.357 e. The van der Waals surface area contributed by atoms with Gasteiger partial charge in [-0.1, -0.05) is 60.7 Å². The van der Waals surface area contributed by atoms with Crippen molar-refractivity contribution in [2.75, 3.05) is 24.6 Å². The fraction of sp³-hybridized carbons (Fsp3) is 0.381. The number of guanidine groups is 1. The van der Waals surface area contributed by atoms with Crippen LogP contribution in [0.2, 0.25) is 0 Å². The first-order valence-electron chi connectivity index (χ1n) is 9.42. The van der Waals surface area contributed by atoms with Crippen LogP contribution in [0.3, 0.4) is 0 Å². The highest BCUT2D eigenvalue weighted by atomic mass is 32.2. The van der Waals surface area contributed by atoms with Crippen molar-refractivity contribution in [3.63, 3.8) is 0 Å². The Bertz CT molecular complexity index is 812. The van der Waals surface area contributed by atoms with Crippen LogP contribution in [0.25, 0.3) is 0 Å². The molecule has 1 atom stereocenters. The Kier molecular flexibility index (Phi) is 6.50. The third kappa shape index (κ3) is 5.57. The summed E-state index contributed by atoms with van der Waals surface area (Å²) in [4.78, 5) is 4.78. The minimum atomic E-state index is -2.92. The zero-order valence-electron chi connectivity index (χ0n) is 15.6. The first kappa shape index (κ1) is 19.4. The molecule has 6 heteroatoms. The number of nitrogens with zero attached hydrogens (tertiary/aromatic N) is 1. The van der Waals surface area contributed by atoms with Gasteiger partial charge in [0.2, 0.25) is 0 Å². The summed E-state index contributed by atoms with van der Waals surface area (Å²) in [5.74, 6) is 1.26. The molecule has 0 saturated carbocycles. The Morgan fingerprint density at radius 2 is 1.67 bits per heavy atom. The van der Waals surface area contributed by atoms with Crippen LogP contribution < -0.4 is 10.6 Å². The first-order valence-corrected chi connectivity index (χ1v) is 11.2. The summed E-state index contributed by atoms with van der Waals surface area (Å²) in [7, 11) is -2.92. The highest BCUT2D eigenvalue weighted by Crippen LogP contribution is 2.24. The summed E-state index contributed by atoms with van der Waals surface area (Å²) in [6.45, 7) is 3.32. The standard InChI is InChI=1S/C21H27N3O2S/c1-2-22-21(24-19-13-14-27(25,26)16-19)23-15-20(17-9-5-3-6-10-17)18-11-7-4-8-12-18/h3-12,19-20H,2,13-16H2,1H3,(H2,22,23,24). The third-order valence-electron chi connectivity index (χ3n) is 4.75. The lowest BCUT2D eigenvalue weighted by molar-refractivity contribution is 0.599. The van der Waals surface area contributed by atoms with Gasteiger partial charge in [-0.15, -0.1) is 0 Å². The van der Waals surface area contributed by atoms with Crippen molar-refractivity contribution in [2.24, 2.45) is 4.99 Å². The second-order valence-electron chi connectivity index (χ2n) is 6.84. The number of nitrogens with one attached hydrogen (secondary N) is 2. The summed E-state index contributed by atoms with van der Waals surface area (Å²) >= 11 is 0. The van der Waals surface area contributed by atoms with Crippen LogP contribution in [-0.4, -0.2) is 45.0 Å². The average Bonchev–Trinajstić information content (AvgIpc) is 3.02. The summed E-state index contributed by atoms with van der Waals surface area (Å²) in [5.41, 5.74) is 2.43. The molecule has 1 heterocycles. The van der Waals surface area contributed by atoms with Crippen molar-refractivity contribution in [1.29, 1.82) is 0 Å². The van der Waals surface area contributed by atoms with E-state index in [1.807, 2.05) is 43.3 Å². The molecule has 144 valence electrons. The predicted octanol–water partition coefficient (Wildman–Crippen LogP) is 2.56. The first-order chi connectivity index (χ1) is 13.1. The van der Waals surface area contributed by atoms with E-state index in [-0.39, 0.29) is 23.5 Å². The van der Waals surface area contributed by atoms with E-state index in [0.29, 0.717) is 18.9 Å². The molecule has 0 radical (unpaired) electrons. The third-order valence-corrected chi connectivity index (χ3v) is 6.52. The molecule has 0 bridgehead atoms. The molecular weight excluding hydrogens is 358 g/mol. The fourth-order valence-electron chi connectivity index (χ4n) is 3.38. The normalized spacial score (nSPS) is 19.2. The van der Waals surface area contributed by atoms with Crippen LogP contribution in [0.5, 0.6) is 0 Å². The van der Waals surface area contributed by atoms with Crippen LogP contribution in [0, 0.1) is 0 Å². The fourth-order valence-corrected chi connectivity index (χ4v) is 5.05. The quantitative estimate of drug-likeness (QED) is 0.592. The van der Waals surface area contributed by atoms with Crippen molar-refractivity contribution in [1.82, 2.24) is 10.6 Å². The van der Waals surface area contributed by atoms with Crippen molar-refractivity contribution < 1.29 is 8.42 Å². The summed E-state index contributed by atoms with van der Waals surface area (Å²) < 4.78 is 23.4. The van der Waals surface area contributed by atoms with Gasteiger partial charge in [0.1, 0.15) is 0 Å². The Balaban J connectivity index is 1.78. The van der Waals surface area contributed by atoms with Crippen LogP contribution in [0.1, 0.15) is 30.4 Å². The molecule has 2 N–H and O–H groups in total. The summed E-state index contributed by atoms with van der Waals surface area (Å²) in [6.07, 6.45) is 0.632. The maximum Gasteiger partial charge on any atom is 0.191 e. The van der Waals surface area contributed by atoms with Gasteiger partial charge in [-0.2, -0.15) is 0 Å². The van der Waals surface area contributed by atoms with Gasteiger partial charge in [0.15, 0.2) is 15.8 Å². The second kappa shape index (κ2) is 9.04. The molecule has 5 nitrogen and oxygen atoms in total. The summed E-state index contributed by atoms with van der Waals surface area (Å²) in [6, 6.07) is 20.6. The molecular formula is C21H27N3O2S. The largest absolute Gasteiger partial charge is 0.357 e. The van der Waals surface area contributed by atoms with E-state index in [9.17, 15) is 8.42 Å². The lowest BCUT2D eigenvalue weighted by atomic mass is 9.91. The van der Waals surface area contributed by atoms with Crippen molar-refractivity contribution in [3.05, 3.63) is 71.8 Å². The SMILES string of the molecule is CCNC(=NCC(c1ccccc1)c1ccccc1)NC1CCS(=O)(=O)C1. The van der Waals surface area contributed by atoms with E-state index in [1.54, 1.807) is 0 Å². The van der Waals surface area contributed by atoms with E-state index in [4.69, 9.17) is 4.99 Å². The number of rotatable bonds is 6. The molecule has 2 aromatic carbocycles. The Labute approximate surface area is 161 Å². The van der Waals surface area contributed by atoms with Crippen LogP contribution in [-0.2, 0) is 9.84 Å². The number of hydrogen-bond acceptors (Lipinski definition) is 3. The monoisotopic (exact) mass is 385 g/mol. The molecule has 3 rings (SSSR count). The number of sulfone groups is 1. The number of benzene rings is 2. The van der Waals surface area contributed by atoms with Gasteiger partial charge in [-0.3, -0.25) is 4.99 Å². The molecule has 2 aromatic rings. The zero-order valence-corrected chi connectivity index (χ0v) is 16.5. The van der Waals surface area contributed by atoms with Crippen molar-refractivity contribution in [3.8, 4) is 0 Å². The molecule has 0 amide bonds. The summed E-state index contributed by atoms with van der Waals surface area (Å²) in [5, 5.41) is 6.53. The lowest BCUT2D eigenvalue weighted by Crippen LogP contribution is -2.44. The highest BCUT2D eigenvalue weighted by Gasteiger charge is 2.28. The minimum absolute atomic E-state index is 0.0697. The molecule has 0 spiro atoms. The van der Waals surface area contributed by atoms with Gasteiger partial charge >= 0.3 is 0 Å². The molecule has 1 fully saturated rings. The van der Waals surface area contributed by atoms with Crippen LogP contribution in [0.4, 0.5) is 0 Å². The Morgan fingerprint density at radius 1 is 1.07 bits per heavy atom. The van der Waals surface area contributed by atoms with Crippen molar-refractivity contribution in [2.45, 2.75) is 25.3 Å². The van der Waals surface area contributed by atoms with E-state index < -0.39 is 9.84 Å². The predicted molar refractivity (Wildman–Crippen MR) is 111 cm³/mol. The highest BCUT2D eigenvalue weighted by molar-refractivity contribution is 7.91. The van der Waals surface area contributed by atoms with Gasteiger partial charge in [0, 0.05) is 18.5 Å². The second-order valence-corrected chi connectivity index (χ2v) is 9.07. The van der Waals surface area contributed by atoms with E-state index in [1.165, 1.54) is 11.1 Å². The zero-order chi connectivity index (χ0) is 19.1. The molecule has 27 heavy (non-hydrogen) atoms. The molecule has 0 aliphatic carbocycles. The molecule has 1 saturated heterocycles. The van der Waals surface area contributed by atoms with Crippen LogP contribution in [0.15, 0.2) is 65.7 Å². The van der Waals surface area contributed by atoms with Gasteiger partial charge in [-0.25, -0.2) is 8.42 Å². The molecule has 0 aromatic heterocycles. The maximum atomic E-state index is 11.7. The average molecular weight is 386 g/mol. The van der Waals surface area contributed by atoms with Gasteiger partial charge in [0.05, 0.1) is 18.1 Å². The smallest absolute Gasteiger partial charge is 0.191 e. The van der Waals surface area contributed by atoms with Crippen LogP contribution >= 0.6 is 0 Å². The number of hydrogen-bond donors (Lipinski definition) is 2. The van der Waals surface area contributed by atoms with Gasteiger partial charge < -0.3 is 10.6 Å². The van der Waals surface area contributed by atoms with E-state index in [0.717, 1.165) is 6.54 Å². The van der Waals surface area contributed by atoms with E-state index in [2.05, 4.69) is 34.9 Å². The Hall–Kier alpha value is -2.34. The molecule has 1 aliphatic rings. The topological polar surface area (TPSA) is 70.6 Å².